The van der Waals surface area contributed by atoms with Crippen molar-refractivity contribution in [2.24, 2.45) is 0 Å². The number of carbonyl (C=O) groups is 1. The molecule has 1 unspecified atom stereocenters. The first kappa shape index (κ1) is 11.2. The van der Waals surface area contributed by atoms with Gasteiger partial charge >= 0.3 is 0 Å². The third kappa shape index (κ3) is 3.47. The number of nitriles is 1. The van der Waals surface area contributed by atoms with E-state index in [-0.39, 0.29) is 5.78 Å². The van der Waals surface area contributed by atoms with E-state index in [2.05, 4.69) is 11.0 Å². The van der Waals surface area contributed by atoms with Gasteiger partial charge in [0.05, 0.1) is 6.07 Å². The molecule has 0 bridgehead atoms. The van der Waals surface area contributed by atoms with Gasteiger partial charge in [0, 0.05) is 18.9 Å². The van der Waals surface area contributed by atoms with Gasteiger partial charge in [-0.15, -0.1) is 0 Å². The van der Waals surface area contributed by atoms with E-state index >= 15 is 0 Å². The summed E-state index contributed by atoms with van der Waals surface area (Å²) in [5, 5.41) is 8.43. The zero-order chi connectivity index (χ0) is 10.4. The number of nitrogens with zero attached hydrogens (tertiary/aromatic N) is 2. The van der Waals surface area contributed by atoms with Crippen molar-refractivity contribution >= 4 is 5.78 Å². The normalized spacial score (nSPS) is 22.1. The van der Waals surface area contributed by atoms with Gasteiger partial charge in [-0.2, -0.15) is 5.26 Å². The molecule has 0 aromatic heterocycles. The Bertz CT molecular complexity index is 232. The van der Waals surface area contributed by atoms with E-state index in [0.29, 0.717) is 18.9 Å². The number of hydrogen-bond acceptors (Lipinski definition) is 3. The lowest BCUT2D eigenvalue weighted by atomic mass is 10.1. The van der Waals surface area contributed by atoms with E-state index < -0.39 is 0 Å². The summed E-state index contributed by atoms with van der Waals surface area (Å²) in [6.45, 7) is 3.74. The standard InChI is InChI=1S/C11H18N2O/c1-10(14)9-11-5-4-8-13(11)7-3-2-6-12/h11H,2-5,7-9H2,1H3. The Morgan fingerprint density at radius 3 is 3.07 bits per heavy atom. The van der Waals surface area contributed by atoms with E-state index in [0.717, 1.165) is 25.9 Å². The third-order valence-electron chi connectivity index (χ3n) is 2.76. The molecule has 0 aliphatic carbocycles. The second-order valence-corrected chi connectivity index (χ2v) is 4.00. The highest BCUT2D eigenvalue weighted by molar-refractivity contribution is 5.76. The Hall–Kier alpha value is -0.880. The average Bonchev–Trinajstić information content (AvgIpc) is 2.52. The van der Waals surface area contributed by atoms with Gasteiger partial charge in [-0.1, -0.05) is 0 Å². The third-order valence-corrected chi connectivity index (χ3v) is 2.76. The summed E-state index contributed by atoms with van der Waals surface area (Å²) >= 11 is 0. The Kier molecular flexibility index (Phi) is 4.61. The van der Waals surface area contributed by atoms with E-state index in [9.17, 15) is 4.79 Å². The minimum Gasteiger partial charge on any atom is -0.300 e. The fraction of sp³-hybridized carbons (Fsp3) is 0.818. The number of carbonyl (C=O) groups excluding carboxylic acids is 1. The molecule has 3 nitrogen and oxygen atoms in total. The first-order valence-corrected chi connectivity index (χ1v) is 5.34. The fourth-order valence-corrected chi connectivity index (χ4v) is 2.11. The Morgan fingerprint density at radius 2 is 2.43 bits per heavy atom. The molecular formula is C11H18N2O. The lowest BCUT2D eigenvalue weighted by molar-refractivity contribution is -0.118. The summed E-state index contributed by atoms with van der Waals surface area (Å²) in [7, 11) is 0. The molecule has 1 aliphatic heterocycles. The highest BCUT2D eigenvalue weighted by Crippen LogP contribution is 2.20. The molecule has 78 valence electrons. The molecular weight excluding hydrogens is 176 g/mol. The van der Waals surface area contributed by atoms with Crippen molar-refractivity contribution in [3.8, 4) is 6.07 Å². The Morgan fingerprint density at radius 1 is 1.64 bits per heavy atom. The molecule has 14 heavy (non-hydrogen) atoms. The molecule has 1 heterocycles. The fourth-order valence-electron chi connectivity index (χ4n) is 2.11. The quantitative estimate of drug-likeness (QED) is 0.626. The largest absolute Gasteiger partial charge is 0.300 e. The SMILES string of the molecule is CC(=O)CC1CCCN1CCCC#N. The molecule has 1 rings (SSSR count). The summed E-state index contributed by atoms with van der Waals surface area (Å²) < 4.78 is 0. The van der Waals surface area contributed by atoms with Crippen LogP contribution in [-0.4, -0.2) is 29.8 Å². The highest BCUT2D eigenvalue weighted by Gasteiger charge is 2.24. The van der Waals surface area contributed by atoms with E-state index in [1.807, 2.05) is 0 Å². The van der Waals surface area contributed by atoms with E-state index in [4.69, 9.17) is 5.26 Å². The first-order valence-electron chi connectivity index (χ1n) is 5.34. The van der Waals surface area contributed by atoms with Crippen LogP contribution in [0.15, 0.2) is 0 Å². The summed E-state index contributed by atoms with van der Waals surface area (Å²) in [6, 6.07) is 2.60. The van der Waals surface area contributed by atoms with Gasteiger partial charge in [-0.25, -0.2) is 0 Å². The van der Waals surface area contributed by atoms with Gasteiger partial charge in [-0.05, 0) is 39.3 Å². The molecule has 1 saturated heterocycles. The molecule has 0 N–H and O–H groups in total. The topological polar surface area (TPSA) is 44.1 Å². The molecule has 0 radical (unpaired) electrons. The smallest absolute Gasteiger partial charge is 0.131 e. The summed E-state index contributed by atoms with van der Waals surface area (Å²) in [4.78, 5) is 13.4. The molecule has 1 fully saturated rings. The van der Waals surface area contributed by atoms with E-state index in [1.54, 1.807) is 6.92 Å². The Labute approximate surface area is 85.7 Å². The van der Waals surface area contributed by atoms with Gasteiger partial charge < -0.3 is 0 Å². The molecule has 0 amide bonds. The van der Waals surface area contributed by atoms with Crippen molar-refractivity contribution in [3.63, 3.8) is 0 Å². The van der Waals surface area contributed by atoms with Crippen LogP contribution in [0.3, 0.4) is 0 Å². The maximum absolute atomic E-state index is 11.0. The number of Topliss-reactive ketones (excluding diaryl/α,β-unsaturated/α-hetero) is 1. The lowest BCUT2D eigenvalue weighted by Gasteiger charge is -2.22. The summed E-state index contributed by atoms with van der Waals surface area (Å²) in [6.07, 6.45) is 4.59. The number of unbranched alkanes of at least 4 members (excludes halogenated alkanes) is 1. The zero-order valence-electron chi connectivity index (χ0n) is 8.83. The Balaban J connectivity index is 2.28. The number of hydrogen-bond donors (Lipinski definition) is 0. The minimum atomic E-state index is 0.280. The molecule has 0 saturated carbocycles. The highest BCUT2D eigenvalue weighted by atomic mass is 16.1. The molecule has 1 aliphatic rings. The van der Waals surface area contributed by atoms with Crippen LogP contribution in [-0.2, 0) is 4.79 Å². The number of likely N-dealkylation sites (tertiary alicyclic amines) is 1. The monoisotopic (exact) mass is 194 g/mol. The van der Waals surface area contributed by atoms with Crippen LogP contribution in [0.4, 0.5) is 0 Å². The minimum absolute atomic E-state index is 0.280. The lowest BCUT2D eigenvalue weighted by Crippen LogP contribution is -2.31. The van der Waals surface area contributed by atoms with Gasteiger partial charge in [0.15, 0.2) is 0 Å². The molecule has 0 aromatic rings. The maximum Gasteiger partial charge on any atom is 0.131 e. The first-order chi connectivity index (χ1) is 6.74. The zero-order valence-corrected chi connectivity index (χ0v) is 8.83. The van der Waals surface area contributed by atoms with Gasteiger partial charge in [0.1, 0.15) is 5.78 Å². The van der Waals surface area contributed by atoms with Gasteiger partial charge in [-0.3, -0.25) is 9.69 Å². The van der Waals surface area contributed by atoms with Crippen molar-refractivity contribution in [3.05, 3.63) is 0 Å². The van der Waals surface area contributed by atoms with Crippen molar-refractivity contribution in [1.82, 2.24) is 4.90 Å². The van der Waals surface area contributed by atoms with Crippen LogP contribution in [0.1, 0.15) is 39.0 Å². The molecule has 0 spiro atoms. The van der Waals surface area contributed by atoms with Crippen LogP contribution < -0.4 is 0 Å². The number of ketones is 1. The van der Waals surface area contributed by atoms with Crippen molar-refractivity contribution < 1.29 is 4.79 Å². The second kappa shape index (κ2) is 5.77. The summed E-state index contributed by atoms with van der Waals surface area (Å²) in [5.74, 6) is 0.280. The average molecular weight is 194 g/mol. The summed E-state index contributed by atoms with van der Waals surface area (Å²) in [5.41, 5.74) is 0. The second-order valence-electron chi connectivity index (χ2n) is 4.00. The van der Waals surface area contributed by atoms with Crippen LogP contribution in [0, 0.1) is 11.3 Å². The predicted octanol–water partition coefficient (Wildman–Crippen LogP) is 1.73. The van der Waals surface area contributed by atoms with E-state index in [1.165, 1.54) is 6.42 Å². The van der Waals surface area contributed by atoms with Crippen LogP contribution in [0.2, 0.25) is 0 Å². The maximum atomic E-state index is 11.0. The van der Waals surface area contributed by atoms with Crippen LogP contribution in [0.5, 0.6) is 0 Å². The molecule has 3 heteroatoms. The van der Waals surface area contributed by atoms with Crippen LogP contribution >= 0.6 is 0 Å². The predicted molar refractivity (Wildman–Crippen MR) is 54.7 cm³/mol. The molecule has 1 atom stereocenters. The molecule has 0 aromatic carbocycles. The van der Waals surface area contributed by atoms with Crippen molar-refractivity contribution in [2.75, 3.05) is 13.1 Å². The number of rotatable bonds is 5. The van der Waals surface area contributed by atoms with Crippen LogP contribution in [0.25, 0.3) is 0 Å². The van der Waals surface area contributed by atoms with Gasteiger partial charge in [0.25, 0.3) is 0 Å². The van der Waals surface area contributed by atoms with Crippen molar-refractivity contribution in [2.45, 2.75) is 45.1 Å². The van der Waals surface area contributed by atoms with Crippen molar-refractivity contribution in [1.29, 1.82) is 5.26 Å². The van der Waals surface area contributed by atoms with Gasteiger partial charge in [0.2, 0.25) is 0 Å².